The summed E-state index contributed by atoms with van der Waals surface area (Å²) in [7, 11) is 1.58. The highest BCUT2D eigenvalue weighted by Crippen LogP contribution is 2.26. The number of carbonyl (C=O) groups excluding carboxylic acids is 1. The van der Waals surface area contributed by atoms with Gasteiger partial charge in [-0.2, -0.15) is 0 Å². The number of carboxylic acids is 1. The first kappa shape index (κ1) is 18.1. The highest BCUT2D eigenvalue weighted by molar-refractivity contribution is 5.77. The van der Waals surface area contributed by atoms with Gasteiger partial charge in [-0.3, -0.25) is 9.59 Å². The van der Waals surface area contributed by atoms with Gasteiger partial charge in [0.1, 0.15) is 0 Å². The quantitative estimate of drug-likeness (QED) is 0.790. The fraction of sp³-hybridized carbons (Fsp3) is 0.556. The van der Waals surface area contributed by atoms with Crippen LogP contribution in [0.1, 0.15) is 38.5 Å². The van der Waals surface area contributed by atoms with Gasteiger partial charge < -0.3 is 19.5 Å². The molecule has 0 aromatic heterocycles. The van der Waals surface area contributed by atoms with Gasteiger partial charge in [0.15, 0.2) is 11.5 Å². The van der Waals surface area contributed by atoms with Crippen LogP contribution in [0.4, 0.5) is 0 Å². The van der Waals surface area contributed by atoms with Crippen LogP contribution in [0, 0.1) is 0 Å². The van der Waals surface area contributed by atoms with E-state index in [2.05, 4.69) is 0 Å². The molecular formula is C18H25NO5. The van der Waals surface area contributed by atoms with Crippen molar-refractivity contribution >= 4 is 11.9 Å². The number of para-hydroxylation sites is 2. The van der Waals surface area contributed by atoms with Gasteiger partial charge in [-0.1, -0.05) is 12.1 Å². The lowest BCUT2D eigenvalue weighted by atomic mass is 9.97. The highest BCUT2D eigenvalue weighted by atomic mass is 16.5. The minimum atomic E-state index is -0.813. The number of amides is 1. The number of benzene rings is 1. The average Bonchev–Trinajstić information content (AvgIpc) is 2.60. The van der Waals surface area contributed by atoms with E-state index in [0.717, 1.165) is 19.3 Å². The molecule has 1 aliphatic rings. The van der Waals surface area contributed by atoms with Crippen molar-refractivity contribution in [2.45, 2.75) is 44.6 Å². The molecule has 132 valence electrons. The Morgan fingerprint density at radius 2 is 1.96 bits per heavy atom. The Kier molecular flexibility index (Phi) is 6.90. The Morgan fingerprint density at radius 3 is 2.67 bits per heavy atom. The molecule has 0 spiro atoms. The monoisotopic (exact) mass is 335 g/mol. The largest absolute Gasteiger partial charge is 0.493 e. The van der Waals surface area contributed by atoms with E-state index in [4.69, 9.17) is 14.6 Å². The summed E-state index contributed by atoms with van der Waals surface area (Å²) in [5.74, 6) is 0.476. The van der Waals surface area contributed by atoms with Crippen LogP contribution in [0.3, 0.4) is 0 Å². The van der Waals surface area contributed by atoms with Gasteiger partial charge in [-0.15, -0.1) is 0 Å². The van der Waals surface area contributed by atoms with E-state index >= 15 is 0 Å². The summed E-state index contributed by atoms with van der Waals surface area (Å²) in [4.78, 5) is 25.1. The first-order chi connectivity index (χ1) is 11.6. The van der Waals surface area contributed by atoms with Crippen LogP contribution < -0.4 is 9.47 Å². The molecule has 1 amide bonds. The van der Waals surface area contributed by atoms with E-state index in [-0.39, 0.29) is 31.4 Å². The number of methoxy groups -OCH3 is 1. The summed E-state index contributed by atoms with van der Waals surface area (Å²) < 4.78 is 10.9. The smallest absolute Gasteiger partial charge is 0.303 e. The first-order valence-corrected chi connectivity index (χ1v) is 8.39. The second kappa shape index (κ2) is 9.15. The molecule has 1 aliphatic heterocycles. The molecule has 2 rings (SSSR count). The zero-order valence-corrected chi connectivity index (χ0v) is 14.1. The number of piperidine rings is 1. The van der Waals surface area contributed by atoms with Crippen LogP contribution in [0.25, 0.3) is 0 Å². The van der Waals surface area contributed by atoms with Crippen LogP contribution in [0.2, 0.25) is 0 Å². The summed E-state index contributed by atoms with van der Waals surface area (Å²) in [5, 5.41) is 8.85. The minimum Gasteiger partial charge on any atom is -0.493 e. The molecule has 1 aromatic carbocycles. The Hall–Kier alpha value is -2.24. The molecule has 1 fully saturated rings. The summed E-state index contributed by atoms with van der Waals surface area (Å²) in [6.07, 6.45) is 3.81. The predicted octanol–water partition coefficient (Wildman–Crippen LogP) is 2.71. The standard InChI is InChI=1S/C18H25NO5/c1-23-15-7-2-3-8-16(15)24-13-11-17(20)19-12-5-4-6-14(19)9-10-18(21)22/h2-3,7-8,14H,4-6,9-13H2,1H3,(H,21,22). The van der Waals surface area contributed by atoms with Crippen LogP contribution in [-0.4, -0.2) is 48.2 Å². The van der Waals surface area contributed by atoms with Crippen molar-refractivity contribution in [3.63, 3.8) is 0 Å². The Labute approximate surface area is 142 Å². The SMILES string of the molecule is COc1ccccc1OCCC(=O)N1CCCCC1CCC(=O)O. The third-order valence-corrected chi connectivity index (χ3v) is 4.28. The van der Waals surface area contributed by atoms with Crippen molar-refractivity contribution in [1.29, 1.82) is 0 Å². The lowest BCUT2D eigenvalue weighted by Crippen LogP contribution is -2.44. The van der Waals surface area contributed by atoms with E-state index in [1.165, 1.54) is 0 Å². The van der Waals surface area contributed by atoms with Gasteiger partial charge >= 0.3 is 5.97 Å². The second-order valence-corrected chi connectivity index (χ2v) is 5.92. The zero-order valence-electron chi connectivity index (χ0n) is 14.1. The zero-order chi connectivity index (χ0) is 17.4. The molecule has 0 saturated carbocycles. The summed E-state index contributed by atoms with van der Waals surface area (Å²) >= 11 is 0. The molecule has 1 atom stereocenters. The van der Waals surface area contributed by atoms with Crippen molar-refractivity contribution in [2.24, 2.45) is 0 Å². The number of hydrogen-bond acceptors (Lipinski definition) is 4. The molecule has 1 aromatic rings. The molecule has 1 unspecified atom stereocenters. The van der Waals surface area contributed by atoms with E-state index < -0.39 is 5.97 Å². The Balaban J connectivity index is 1.84. The van der Waals surface area contributed by atoms with E-state index in [0.29, 0.717) is 24.5 Å². The van der Waals surface area contributed by atoms with Gasteiger partial charge in [0.05, 0.1) is 20.1 Å². The molecule has 6 nitrogen and oxygen atoms in total. The maximum atomic E-state index is 12.5. The van der Waals surface area contributed by atoms with Crippen LogP contribution in [-0.2, 0) is 9.59 Å². The van der Waals surface area contributed by atoms with Gasteiger partial charge in [0.25, 0.3) is 0 Å². The summed E-state index contributed by atoms with van der Waals surface area (Å²) in [5.41, 5.74) is 0. The average molecular weight is 335 g/mol. The van der Waals surface area contributed by atoms with Crippen molar-refractivity contribution < 1.29 is 24.2 Å². The minimum absolute atomic E-state index is 0.0278. The van der Waals surface area contributed by atoms with Crippen molar-refractivity contribution in [1.82, 2.24) is 4.90 Å². The molecule has 24 heavy (non-hydrogen) atoms. The number of carboxylic acid groups (broad SMARTS) is 1. The van der Waals surface area contributed by atoms with Gasteiger partial charge in [-0.05, 0) is 37.8 Å². The molecule has 1 saturated heterocycles. The number of hydrogen-bond donors (Lipinski definition) is 1. The fourth-order valence-corrected chi connectivity index (χ4v) is 3.05. The van der Waals surface area contributed by atoms with E-state index in [1.54, 1.807) is 13.2 Å². The number of nitrogens with zero attached hydrogens (tertiary/aromatic N) is 1. The normalized spacial score (nSPS) is 17.4. The molecule has 0 bridgehead atoms. The second-order valence-electron chi connectivity index (χ2n) is 5.92. The first-order valence-electron chi connectivity index (χ1n) is 8.39. The lowest BCUT2D eigenvalue weighted by molar-refractivity contribution is -0.140. The summed E-state index contributed by atoms with van der Waals surface area (Å²) in [6.45, 7) is 0.985. The van der Waals surface area contributed by atoms with Gasteiger partial charge in [-0.25, -0.2) is 0 Å². The molecule has 0 radical (unpaired) electrons. The van der Waals surface area contributed by atoms with Gasteiger partial charge in [0.2, 0.25) is 5.91 Å². The maximum absolute atomic E-state index is 12.5. The number of carbonyl (C=O) groups is 2. The van der Waals surface area contributed by atoms with Crippen molar-refractivity contribution in [3.05, 3.63) is 24.3 Å². The van der Waals surface area contributed by atoms with Crippen LogP contribution in [0.15, 0.2) is 24.3 Å². The van der Waals surface area contributed by atoms with Crippen molar-refractivity contribution in [3.8, 4) is 11.5 Å². The lowest BCUT2D eigenvalue weighted by Gasteiger charge is -2.35. The Morgan fingerprint density at radius 1 is 1.21 bits per heavy atom. The number of rotatable bonds is 8. The fourth-order valence-electron chi connectivity index (χ4n) is 3.05. The summed E-state index contributed by atoms with van der Waals surface area (Å²) in [6, 6.07) is 7.36. The Bertz CT molecular complexity index is 560. The predicted molar refractivity (Wildman–Crippen MR) is 89.3 cm³/mol. The number of aliphatic carboxylic acids is 1. The third-order valence-electron chi connectivity index (χ3n) is 4.28. The van der Waals surface area contributed by atoms with E-state index in [1.807, 2.05) is 23.1 Å². The van der Waals surface area contributed by atoms with E-state index in [9.17, 15) is 9.59 Å². The molecule has 6 heteroatoms. The molecule has 1 N–H and O–H groups in total. The van der Waals surface area contributed by atoms with Crippen LogP contribution >= 0.6 is 0 Å². The topological polar surface area (TPSA) is 76.1 Å². The van der Waals surface area contributed by atoms with Crippen molar-refractivity contribution in [2.75, 3.05) is 20.3 Å². The molecular weight excluding hydrogens is 310 g/mol. The molecule has 1 heterocycles. The maximum Gasteiger partial charge on any atom is 0.303 e. The third kappa shape index (κ3) is 5.15. The van der Waals surface area contributed by atoms with Crippen LogP contribution in [0.5, 0.6) is 11.5 Å². The number of likely N-dealkylation sites (tertiary alicyclic amines) is 1. The number of ether oxygens (including phenoxy) is 2. The highest BCUT2D eigenvalue weighted by Gasteiger charge is 2.26. The molecule has 0 aliphatic carbocycles. The van der Waals surface area contributed by atoms with Gasteiger partial charge in [0, 0.05) is 19.0 Å².